The summed E-state index contributed by atoms with van der Waals surface area (Å²) < 4.78 is 11.4. The molecule has 0 unspecified atom stereocenters. The van der Waals surface area contributed by atoms with Crippen LogP contribution in [-0.2, 0) is 18.0 Å². The van der Waals surface area contributed by atoms with Gasteiger partial charge in [-0.05, 0) is 56.3 Å². The molecule has 0 bridgehead atoms. The molecule has 3 aromatic carbocycles. The number of hydrogen-bond acceptors (Lipinski definition) is 7. The van der Waals surface area contributed by atoms with Crippen LogP contribution in [0.25, 0.3) is 22.1 Å². The molecule has 0 aliphatic carbocycles. The van der Waals surface area contributed by atoms with E-state index in [0.29, 0.717) is 17.0 Å². The van der Waals surface area contributed by atoms with E-state index in [1.165, 1.54) is 0 Å². The van der Waals surface area contributed by atoms with Gasteiger partial charge >= 0.3 is 5.97 Å². The second-order valence-electron chi connectivity index (χ2n) is 7.88. The summed E-state index contributed by atoms with van der Waals surface area (Å²) in [6, 6.07) is 22.2. The van der Waals surface area contributed by atoms with E-state index in [2.05, 4.69) is 19.9 Å². The molecule has 0 spiro atoms. The topological polar surface area (TPSA) is 87.1 Å². The summed E-state index contributed by atoms with van der Waals surface area (Å²) in [4.78, 5) is 31.0. The molecule has 5 aromatic rings. The van der Waals surface area contributed by atoms with Crippen molar-refractivity contribution in [2.24, 2.45) is 0 Å². The van der Waals surface area contributed by atoms with Crippen molar-refractivity contribution >= 4 is 28.0 Å². The van der Waals surface area contributed by atoms with Gasteiger partial charge in [0.1, 0.15) is 19.0 Å². The first-order valence-electron chi connectivity index (χ1n) is 10.9. The van der Waals surface area contributed by atoms with Crippen molar-refractivity contribution in [2.45, 2.75) is 27.1 Å². The standard InChI is InChI=1S/C27H22N4O3/c1-17-25(30-23-12-5-3-10-21(23)28-17)15-33-20-9-7-8-19(14-20)27(32)34-16-26-18(2)29-22-11-4-6-13-24(22)31-26/h3-14H,15-16H2,1-2H3. The Kier molecular flexibility index (Phi) is 5.82. The molecule has 0 saturated carbocycles. The van der Waals surface area contributed by atoms with Crippen LogP contribution in [0.5, 0.6) is 5.75 Å². The van der Waals surface area contributed by atoms with Crippen LogP contribution in [0.4, 0.5) is 0 Å². The maximum Gasteiger partial charge on any atom is 0.338 e. The smallest absolute Gasteiger partial charge is 0.338 e. The third-order valence-corrected chi connectivity index (χ3v) is 5.47. The number of nitrogens with zero attached hydrogens (tertiary/aromatic N) is 4. The van der Waals surface area contributed by atoms with Crippen molar-refractivity contribution in [1.29, 1.82) is 0 Å². The Morgan fingerprint density at radius 3 is 1.79 bits per heavy atom. The first-order chi connectivity index (χ1) is 16.6. The first kappa shape index (κ1) is 21.5. The molecule has 7 heteroatoms. The van der Waals surface area contributed by atoms with E-state index >= 15 is 0 Å². The second-order valence-corrected chi connectivity index (χ2v) is 7.88. The number of aromatic nitrogens is 4. The monoisotopic (exact) mass is 450 g/mol. The predicted octanol–water partition coefficient (Wildman–Crippen LogP) is 5.13. The van der Waals surface area contributed by atoms with Crippen LogP contribution in [0.15, 0.2) is 72.8 Å². The third-order valence-electron chi connectivity index (χ3n) is 5.47. The van der Waals surface area contributed by atoms with E-state index in [9.17, 15) is 4.79 Å². The van der Waals surface area contributed by atoms with Gasteiger partial charge in [0, 0.05) is 0 Å². The molecule has 7 nitrogen and oxygen atoms in total. The molecule has 0 amide bonds. The zero-order chi connectivity index (χ0) is 23.5. The van der Waals surface area contributed by atoms with Crippen molar-refractivity contribution in [3.05, 3.63) is 101 Å². The van der Waals surface area contributed by atoms with E-state index in [0.717, 1.165) is 39.1 Å². The van der Waals surface area contributed by atoms with Gasteiger partial charge in [-0.15, -0.1) is 0 Å². The van der Waals surface area contributed by atoms with Gasteiger partial charge in [-0.1, -0.05) is 30.3 Å². The lowest BCUT2D eigenvalue weighted by Crippen LogP contribution is -2.09. The highest BCUT2D eigenvalue weighted by Gasteiger charge is 2.13. The fourth-order valence-electron chi connectivity index (χ4n) is 3.60. The molecule has 0 fully saturated rings. The molecular formula is C27H22N4O3. The van der Waals surface area contributed by atoms with Gasteiger partial charge in [-0.3, -0.25) is 0 Å². The molecule has 0 saturated heterocycles. The van der Waals surface area contributed by atoms with Gasteiger partial charge in [0.2, 0.25) is 0 Å². The minimum atomic E-state index is -0.457. The van der Waals surface area contributed by atoms with Crippen LogP contribution in [-0.4, -0.2) is 25.9 Å². The van der Waals surface area contributed by atoms with Gasteiger partial charge in [0.15, 0.2) is 0 Å². The summed E-state index contributed by atoms with van der Waals surface area (Å²) in [5, 5.41) is 0. The Bertz CT molecular complexity index is 1520. The fraction of sp³-hybridized carbons (Fsp3) is 0.148. The Labute approximate surface area is 196 Å². The molecule has 0 radical (unpaired) electrons. The fourth-order valence-corrected chi connectivity index (χ4v) is 3.60. The van der Waals surface area contributed by atoms with Gasteiger partial charge in [0.25, 0.3) is 0 Å². The molecule has 5 rings (SSSR count). The van der Waals surface area contributed by atoms with Crippen LogP contribution < -0.4 is 4.74 Å². The van der Waals surface area contributed by atoms with E-state index in [1.54, 1.807) is 24.3 Å². The molecule has 0 aliphatic rings. The number of carbonyl (C=O) groups is 1. The van der Waals surface area contributed by atoms with Crippen LogP contribution in [0.1, 0.15) is 33.1 Å². The molecule has 0 atom stereocenters. The van der Waals surface area contributed by atoms with E-state index < -0.39 is 5.97 Å². The Balaban J connectivity index is 1.26. The van der Waals surface area contributed by atoms with Crippen molar-refractivity contribution in [2.75, 3.05) is 0 Å². The van der Waals surface area contributed by atoms with E-state index in [4.69, 9.17) is 9.47 Å². The van der Waals surface area contributed by atoms with Gasteiger partial charge in [-0.25, -0.2) is 24.7 Å². The molecular weight excluding hydrogens is 428 g/mol. The summed E-state index contributed by atoms with van der Waals surface area (Å²) >= 11 is 0. The van der Waals surface area contributed by atoms with Crippen molar-refractivity contribution in [1.82, 2.24) is 19.9 Å². The summed E-state index contributed by atoms with van der Waals surface area (Å²) in [7, 11) is 0. The number of aryl methyl sites for hydroxylation is 2. The van der Waals surface area contributed by atoms with Gasteiger partial charge < -0.3 is 9.47 Å². The first-order valence-corrected chi connectivity index (χ1v) is 10.9. The second kappa shape index (κ2) is 9.23. The number of carbonyl (C=O) groups excluding carboxylic acids is 1. The Morgan fingerprint density at radius 1 is 0.676 bits per heavy atom. The number of para-hydroxylation sites is 4. The predicted molar refractivity (Wildman–Crippen MR) is 128 cm³/mol. The number of hydrogen-bond donors (Lipinski definition) is 0. The minimum Gasteiger partial charge on any atom is -0.487 e. The van der Waals surface area contributed by atoms with Crippen molar-refractivity contribution in [3.63, 3.8) is 0 Å². The summed E-state index contributed by atoms with van der Waals surface area (Å²) in [6.45, 7) is 4.05. The molecule has 2 aromatic heterocycles. The number of fused-ring (bicyclic) bond motifs is 2. The molecule has 0 aliphatic heterocycles. The molecule has 0 N–H and O–H groups in total. The van der Waals surface area contributed by atoms with E-state index in [1.807, 2.05) is 62.4 Å². The normalized spacial score (nSPS) is 11.0. The minimum absolute atomic E-state index is 0.0411. The van der Waals surface area contributed by atoms with E-state index in [-0.39, 0.29) is 13.2 Å². The maximum atomic E-state index is 12.7. The van der Waals surface area contributed by atoms with Gasteiger partial charge in [0.05, 0.1) is 50.4 Å². The average molecular weight is 450 g/mol. The Hall–Kier alpha value is -4.39. The Morgan fingerprint density at radius 2 is 1.21 bits per heavy atom. The maximum absolute atomic E-state index is 12.7. The summed E-state index contributed by atoms with van der Waals surface area (Å²) in [5.41, 5.74) is 6.55. The zero-order valence-electron chi connectivity index (χ0n) is 18.9. The van der Waals surface area contributed by atoms with Gasteiger partial charge in [-0.2, -0.15) is 0 Å². The lowest BCUT2D eigenvalue weighted by atomic mass is 10.2. The van der Waals surface area contributed by atoms with Crippen LogP contribution in [0.2, 0.25) is 0 Å². The van der Waals surface area contributed by atoms with Crippen LogP contribution in [0.3, 0.4) is 0 Å². The van der Waals surface area contributed by atoms with Crippen molar-refractivity contribution in [3.8, 4) is 5.75 Å². The number of benzene rings is 3. The lowest BCUT2D eigenvalue weighted by Gasteiger charge is -2.11. The largest absolute Gasteiger partial charge is 0.487 e. The molecule has 34 heavy (non-hydrogen) atoms. The third kappa shape index (κ3) is 4.54. The summed E-state index contributed by atoms with van der Waals surface area (Å²) in [5.74, 6) is 0.0898. The summed E-state index contributed by atoms with van der Waals surface area (Å²) in [6.07, 6.45) is 0. The SMILES string of the molecule is Cc1nc2ccccc2nc1COC(=O)c1cccc(OCc2nc3ccccc3nc2C)c1. The zero-order valence-corrected chi connectivity index (χ0v) is 18.9. The van der Waals surface area contributed by atoms with Crippen LogP contribution >= 0.6 is 0 Å². The highest BCUT2D eigenvalue weighted by Crippen LogP contribution is 2.19. The van der Waals surface area contributed by atoms with Crippen LogP contribution in [0, 0.1) is 13.8 Å². The quantitative estimate of drug-likeness (QED) is 0.332. The average Bonchev–Trinajstić information content (AvgIpc) is 2.86. The highest BCUT2D eigenvalue weighted by molar-refractivity contribution is 5.89. The van der Waals surface area contributed by atoms with Crippen molar-refractivity contribution < 1.29 is 14.3 Å². The molecule has 2 heterocycles. The lowest BCUT2D eigenvalue weighted by molar-refractivity contribution is 0.0466. The number of ether oxygens (including phenoxy) is 2. The highest BCUT2D eigenvalue weighted by atomic mass is 16.5. The number of rotatable bonds is 6. The number of esters is 1. The molecule has 168 valence electrons.